The molecule has 1 saturated carbocycles. The van der Waals surface area contributed by atoms with Crippen molar-refractivity contribution >= 4 is 5.78 Å². The number of Topliss-reactive ketones (excluding diaryl/α,β-unsaturated/α-hetero) is 1. The summed E-state index contributed by atoms with van der Waals surface area (Å²) in [6.07, 6.45) is 10.5. The monoisotopic (exact) mass is 192 g/mol. The third-order valence-corrected chi connectivity index (χ3v) is 2.61. The van der Waals surface area contributed by atoms with Gasteiger partial charge < -0.3 is 0 Å². The highest BCUT2D eigenvalue weighted by Crippen LogP contribution is 2.27. The van der Waals surface area contributed by atoms with E-state index in [-0.39, 0.29) is 0 Å². The van der Waals surface area contributed by atoms with E-state index >= 15 is 0 Å². The zero-order valence-corrected chi connectivity index (χ0v) is 9.31. The SMILES string of the molecule is CCC/C=C1/CC/C(=C\CCC)C1=O. The molecule has 0 atom stereocenters. The smallest absolute Gasteiger partial charge is 0.184 e. The molecule has 0 bridgehead atoms. The van der Waals surface area contributed by atoms with Crippen LogP contribution in [0, 0.1) is 0 Å². The maximum Gasteiger partial charge on any atom is 0.184 e. The molecule has 0 radical (unpaired) electrons. The van der Waals surface area contributed by atoms with Gasteiger partial charge in [0.05, 0.1) is 0 Å². The van der Waals surface area contributed by atoms with Gasteiger partial charge in [-0.2, -0.15) is 0 Å². The number of carbonyl (C=O) groups excluding carboxylic acids is 1. The number of unbranched alkanes of at least 4 members (excludes halogenated alkanes) is 2. The lowest BCUT2D eigenvalue weighted by atomic mass is 10.1. The second-order valence-electron chi connectivity index (χ2n) is 3.87. The Morgan fingerprint density at radius 1 is 1.00 bits per heavy atom. The summed E-state index contributed by atoms with van der Waals surface area (Å²) in [6.45, 7) is 4.29. The Hall–Kier alpha value is -0.850. The van der Waals surface area contributed by atoms with Crippen LogP contribution in [0.15, 0.2) is 23.3 Å². The topological polar surface area (TPSA) is 17.1 Å². The molecular formula is C13H20O. The highest BCUT2D eigenvalue weighted by molar-refractivity contribution is 6.10. The number of carbonyl (C=O) groups is 1. The molecule has 0 saturated heterocycles. The average molecular weight is 192 g/mol. The molecule has 1 heteroatoms. The first kappa shape index (κ1) is 11.2. The van der Waals surface area contributed by atoms with Crippen molar-refractivity contribution < 1.29 is 4.79 Å². The molecule has 0 spiro atoms. The molecule has 0 N–H and O–H groups in total. The van der Waals surface area contributed by atoms with Crippen LogP contribution in [0.2, 0.25) is 0 Å². The van der Waals surface area contributed by atoms with Crippen LogP contribution in [0.25, 0.3) is 0 Å². The molecule has 1 rings (SSSR count). The zero-order chi connectivity index (χ0) is 10.4. The van der Waals surface area contributed by atoms with Crippen LogP contribution >= 0.6 is 0 Å². The fraction of sp³-hybridized carbons (Fsp3) is 0.615. The minimum Gasteiger partial charge on any atom is -0.289 e. The Morgan fingerprint density at radius 2 is 1.43 bits per heavy atom. The van der Waals surface area contributed by atoms with E-state index in [2.05, 4.69) is 26.0 Å². The molecule has 0 unspecified atom stereocenters. The van der Waals surface area contributed by atoms with Gasteiger partial charge in [-0.1, -0.05) is 38.8 Å². The Kier molecular flexibility index (Phi) is 4.64. The number of hydrogen-bond acceptors (Lipinski definition) is 1. The van der Waals surface area contributed by atoms with Gasteiger partial charge in [0.25, 0.3) is 0 Å². The summed E-state index contributed by atoms with van der Waals surface area (Å²) in [7, 11) is 0. The van der Waals surface area contributed by atoms with Crippen molar-refractivity contribution in [2.75, 3.05) is 0 Å². The lowest BCUT2D eigenvalue weighted by Gasteiger charge is -1.94. The van der Waals surface area contributed by atoms with E-state index in [0.29, 0.717) is 5.78 Å². The second-order valence-corrected chi connectivity index (χ2v) is 3.87. The van der Waals surface area contributed by atoms with Crippen molar-refractivity contribution in [1.29, 1.82) is 0 Å². The molecule has 0 aromatic rings. The summed E-state index contributed by atoms with van der Waals surface area (Å²) in [4.78, 5) is 11.8. The summed E-state index contributed by atoms with van der Waals surface area (Å²) in [5.74, 6) is 0.312. The van der Waals surface area contributed by atoms with Gasteiger partial charge in [-0.25, -0.2) is 0 Å². The normalized spacial score (nSPS) is 22.6. The maximum atomic E-state index is 11.8. The van der Waals surface area contributed by atoms with E-state index in [1.165, 1.54) is 0 Å². The first-order chi connectivity index (χ1) is 6.79. The van der Waals surface area contributed by atoms with Gasteiger partial charge in [-0.15, -0.1) is 0 Å². The maximum absolute atomic E-state index is 11.8. The average Bonchev–Trinajstić information content (AvgIpc) is 2.54. The predicted octanol–water partition coefficient (Wildman–Crippen LogP) is 3.80. The highest BCUT2D eigenvalue weighted by Gasteiger charge is 2.21. The molecule has 1 fully saturated rings. The number of rotatable bonds is 4. The van der Waals surface area contributed by atoms with Gasteiger partial charge in [0, 0.05) is 0 Å². The van der Waals surface area contributed by atoms with Crippen LogP contribution < -0.4 is 0 Å². The fourth-order valence-corrected chi connectivity index (χ4v) is 1.73. The minimum absolute atomic E-state index is 0.312. The van der Waals surface area contributed by atoms with Crippen LogP contribution in [0.3, 0.4) is 0 Å². The Balaban J connectivity index is 2.59. The molecule has 0 aliphatic heterocycles. The molecule has 1 nitrogen and oxygen atoms in total. The Labute approximate surface area is 86.9 Å². The summed E-state index contributed by atoms with van der Waals surface area (Å²) in [5, 5.41) is 0. The predicted molar refractivity (Wildman–Crippen MR) is 60.2 cm³/mol. The van der Waals surface area contributed by atoms with Crippen molar-refractivity contribution in [2.24, 2.45) is 0 Å². The van der Waals surface area contributed by atoms with Gasteiger partial charge in [0.2, 0.25) is 0 Å². The van der Waals surface area contributed by atoms with E-state index in [0.717, 1.165) is 49.7 Å². The van der Waals surface area contributed by atoms with Crippen molar-refractivity contribution in [3.05, 3.63) is 23.3 Å². The van der Waals surface area contributed by atoms with Crippen LogP contribution in [0.4, 0.5) is 0 Å². The van der Waals surface area contributed by atoms with E-state index in [1.54, 1.807) is 0 Å². The van der Waals surface area contributed by atoms with Crippen molar-refractivity contribution in [2.45, 2.75) is 52.4 Å². The molecule has 0 aromatic carbocycles. The summed E-state index contributed by atoms with van der Waals surface area (Å²) in [6, 6.07) is 0. The quantitative estimate of drug-likeness (QED) is 0.619. The van der Waals surface area contributed by atoms with Crippen molar-refractivity contribution in [3.8, 4) is 0 Å². The van der Waals surface area contributed by atoms with Gasteiger partial charge in [0.1, 0.15) is 0 Å². The van der Waals surface area contributed by atoms with Crippen molar-refractivity contribution in [3.63, 3.8) is 0 Å². The first-order valence-corrected chi connectivity index (χ1v) is 5.72. The highest BCUT2D eigenvalue weighted by atomic mass is 16.1. The lowest BCUT2D eigenvalue weighted by Crippen LogP contribution is -1.95. The molecule has 1 aliphatic carbocycles. The van der Waals surface area contributed by atoms with Crippen LogP contribution in [-0.4, -0.2) is 5.78 Å². The fourth-order valence-electron chi connectivity index (χ4n) is 1.73. The summed E-state index contributed by atoms with van der Waals surface area (Å²) >= 11 is 0. The van der Waals surface area contributed by atoms with E-state index in [9.17, 15) is 4.79 Å². The molecule has 0 amide bonds. The molecule has 78 valence electrons. The largest absolute Gasteiger partial charge is 0.289 e. The van der Waals surface area contributed by atoms with Gasteiger partial charge in [-0.3, -0.25) is 4.79 Å². The molecule has 14 heavy (non-hydrogen) atoms. The van der Waals surface area contributed by atoms with E-state index in [4.69, 9.17) is 0 Å². The number of hydrogen-bond donors (Lipinski definition) is 0. The zero-order valence-electron chi connectivity index (χ0n) is 9.31. The summed E-state index contributed by atoms with van der Waals surface area (Å²) < 4.78 is 0. The lowest BCUT2D eigenvalue weighted by molar-refractivity contribution is -0.111. The van der Waals surface area contributed by atoms with Gasteiger partial charge in [-0.05, 0) is 36.8 Å². The van der Waals surface area contributed by atoms with Crippen LogP contribution in [0.1, 0.15) is 52.4 Å². The minimum atomic E-state index is 0.312. The first-order valence-electron chi connectivity index (χ1n) is 5.72. The number of ketones is 1. The third kappa shape index (κ3) is 2.83. The molecule has 0 aromatic heterocycles. The molecular weight excluding hydrogens is 172 g/mol. The van der Waals surface area contributed by atoms with Crippen molar-refractivity contribution in [1.82, 2.24) is 0 Å². The molecule has 0 heterocycles. The Bertz CT molecular complexity index is 232. The van der Waals surface area contributed by atoms with Gasteiger partial charge >= 0.3 is 0 Å². The third-order valence-electron chi connectivity index (χ3n) is 2.61. The van der Waals surface area contributed by atoms with Crippen LogP contribution in [-0.2, 0) is 4.79 Å². The standard InChI is InChI=1S/C13H20O/c1-3-5-7-11-9-10-12(13(11)14)8-6-4-2/h7-8H,3-6,9-10H2,1-2H3/b11-7-,12-8+. The molecule has 1 aliphatic rings. The van der Waals surface area contributed by atoms with E-state index in [1.807, 2.05) is 0 Å². The Morgan fingerprint density at radius 3 is 1.79 bits per heavy atom. The number of allylic oxidation sites excluding steroid dienone is 4. The summed E-state index contributed by atoms with van der Waals surface area (Å²) in [5.41, 5.74) is 2.10. The second kappa shape index (κ2) is 5.79. The van der Waals surface area contributed by atoms with Gasteiger partial charge in [0.15, 0.2) is 5.78 Å². The van der Waals surface area contributed by atoms with Crippen LogP contribution in [0.5, 0.6) is 0 Å². The van der Waals surface area contributed by atoms with E-state index < -0.39 is 0 Å².